The first kappa shape index (κ1) is 14.8. The summed E-state index contributed by atoms with van der Waals surface area (Å²) in [5.41, 5.74) is 1.67. The molecule has 0 saturated carbocycles. The predicted octanol–water partition coefficient (Wildman–Crippen LogP) is 3.42. The minimum atomic E-state index is -0.337. The molecule has 0 amide bonds. The van der Waals surface area contributed by atoms with E-state index in [1.807, 2.05) is 12.2 Å². The topological polar surface area (TPSA) is 20.3 Å². The van der Waals surface area contributed by atoms with Crippen LogP contribution in [0.4, 0.5) is 4.39 Å². The van der Waals surface area contributed by atoms with Crippen molar-refractivity contribution in [3.63, 3.8) is 0 Å². The Morgan fingerprint density at radius 3 is 2.61 bits per heavy atom. The van der Waals surface area contributed by atoms with Crippen LogP contribution in [-0.4, -0.2) is 30.8 Å². The molecule has 0 spiro atoms. The highest BCUT2D eigenvalue weighted by molar-refractivity contribution is 5.82. The van der Waals surface area contributed by atoms with E-state index < -0.39 is 0 Å². The molecular formula is C15H22FNO. The van der Waals surface area contributed by atoms with Gasteiger partial charge >= 0.3 is 0 Å². The second kappa shape index (κ2) is 7.27. The lowest BCUT2D eigenvalue weighted by atomic mass is 9.98. The fraction of sp³-hybridized carbons (Fsp3) is 0.533. The third-order valence-corrected chi connectivity index (χ3v) is 3.37. The maximum atomic E-state index is 14.1. The van der Waals surface area contributed by atoms with Gasteiger partial charge in [0.15, 0.2) is 6.29 Å². The zero-order chi connectivity index (χ0) is 13.5. The van der Waals surface area contributed by atoms with Crippen LogP contribution in [0.15, 0.2) is 34.7 Å². The largest absolute Gasteiger partial charge is 0.300 e. The first-order valence-electron chi connectivity index (χ1n) is 6.56. The van der Waals surface area contributed by atoms with Gasteiger partial charge < -0.3 is 0 Å². The van der Waals surface area contributed by atoms with Crippen LogP contribution in [0.1, 0.15) is 33.6 Å². The van der Waals surface area contributed by atoms with Gasteiger partial charge in [0.25, 0.3) is 0 Å². The van der Waals surface area contributed by atoms with Crippen LogP contribution in [0.2, 0.25) is 0 Å². The Kier molecular flexibility index (Phi) is 5.99. The molecule has 0 atom stereocenters. The second-order valence-corrected chi connectivity index (χ2v) is 4.55. The van der Waals surface area contributed by atoms with Crippen molar-refractivity contribution in [1.29, 1.82) is 0 Å². The van der Waals surface area contributed by atoms with Crippen molar-refractivity contribution in [3.05, 3.63) is 34.7 Å². The van der Waals surface area contributed by atoms with Gasteiger partial charge in [0.2, 0.25) is 0 Å². The molecule has 1 rings (SSSR count). The number of halogens is 1. The average molecular weight is 251 g/mol. The van der Waals surface area contributed by atoms with E-state index in [0.717, 1.165) is 25.1 Å². The number of hydrogen-bond donors (Lipinski definition) is 0. The molecule has 1 aliphatic carbocycles. The summed E-state index contributed by atoms with van der Waals surface area (Å²) in [4.78, 5) is 13.3. The van der Waals surface area contributed by atoms with E-state index in [9.17, 15) is 9.18 Å². The molecular weight excluding hydrogens is 229 g/mol. The highest BCUT2D eigenvalue weighted by Gasteiger charge is 2.15. The molecule has 0 radical (unpaired) electrons. The summed E-state index contributed by atoms with van der Waals surface area (Å²) < 4.78 is 14.1. The lowest BCUT2D eigenvalue weighted by molar-refractivity contribution is -0.104. The number of likely N-dealkylation sites (N-methyl/N-ethyl adjacent to an activating group) is 1. The third-order valence-electron chi connectivity index (χ3n) is 3.37. The number of nitrogens with zero attached hydrogens (tertiary/aromatic N) is 1. The van der Waals surface area contributed by atoms with Crippen molar-refractivity contribution < 1.29 is 9.18 Å². The monoisotopic (exact) mass is 251 g/mol. The van der Waals surface area contributed by atoms with Crippen molar-refractivity contribution in [3.8, 4) is 0 Å². The Labute approximate surface area is 109 Å². The molecule has 0 aromatic heterocycles. The predicted molar refractivity (Wildman–Crippen MR) is 73.1 cm³/mol. The Balaban J connectivity index is 3.14. The highest BCUT2D eigenvalue weighted by Crippen LogP contribution is 2.25. The molecule has 0 aromatic carbocycles. The maximum Gasteiger partial charge on any atom is 0.153 e. The number of allylic oxidation sites excluding steroid dienone is 4. The normalized spacial score (nSPS) is 26.9. The number of aldehydes is 1. The number of carbonyl (C=O) groups is 1. The molecule has 0 aromatic rings. The maximum absolute atomic E-state index is 14.1. The van der Waals surface area contributed by atoms with Crippen LogP contribution in [0.3, 0.4) is 0 Å². The fourth-order valence-electron chi connectivity index (χ4n) is 2.05. The molecule has 0 bridgehead atoms. The van der Waals surface area contributed by atoms with E-state index in [-0.39, 0.29) is 11.4 Å². The van der Waals surface area contributed by atoms with Gasteiger partial charge in [-0.25, -0.2) is 4.39 Å². The van der Waals surface area contributed by atoms with Crippen molar-refractivity contribution in [2.45, 2.75) is 33.6 Å². The van der Waals surface area contributed by atoms with E-state index in [1.165, 1.54) is 0 Å². The Morgan fingerprint density at radius 1 is 1.39 bits per heavy atom. The zero-order valence-corrected chi connectivity index (χ0v) is 11.5. The smallest absolute Gasteiger partial charge is 0.153 e. The third kappa shape index (κ3) is 3.64. The van der Waals surface area contributed by atoms with Gasteiger partial charge in [-0.05, 0) is 44.0 Å². The summed E-state index contributed by atoms with van der Waals surface area (Å²) in [6, 6.07) is 0. The summed E-state index contributed by atoms with van der Waals surface area (Å²) in [5, 5.41) is 0. The molecule has 18 heavy (non-hydrogen) atoms. The summed E-state index contributed by atoms with van der Waals surface area (Å²) >= 11 is 0. The number of hydrogen-bond acceptors (Lipinski definition) is 2. The Hall–Kier alpha value is -1.22. The van der Waals surface area contributed by atoms with Gasteiger partial charge in [-0.15, -0.1) is 0 Å². The summed E-state index contributed by atoms with van der Waals surface area (Å²) in [6.07, 6.45) is 6.07. The van der Waals surface area contributed by atoms with Crippen LogP contribution in [-0.2, 0) is 4.79 Å². The minimum absolute atomic E-state index is 0.218. The van der Waals surface area contributed by atoms with E-state index in [1.54, 1.807) is 6.92 Å². The van der Waals surface area contributed by atoms with Gasteiger partial charge in [-0.2, -0.15) is 0 Å². The van der Waals surface area contributed by atoms with E-state index in [2.05, 4.69) is 18.7 Å². The van der Waals surface area contributed by atoms with Gasteiger partial charge in [-0.1, -0.05) is 26.0 Å². The summed E-state index contributed by atoms with van der Waals surface area (Å²) in [5.74, 6) is -0.337. The van der Waals surface area contributed by atoms with Crippen molar-refractivity contribution in [1.82, 2.24) is 4.90 Å². The lowest BCUT2D eigenvalue weighted by Gasteiger charge is -2.20. The summed E-state index contributed by atoms with van der Waals surface area (Å²) in [6.45, 7) is 8.29. The SMILES string of the molecule is CCN(CC)CC1=C(C=O)/C(F)=C(\C)CC/C=C\1. The zero-order valence-electron chi connectivity index (χ0n) is 11.5. The molecule has 100 valence electrons. The van der Waals surface area contributed by atoms with E-state index >= 15 is 0 Å². The van der Waals surface area contributed by atoms with Gasteiger partial charge in [0, 0.05) is 6.54 Å². The van der Waals surface area contributed by atoms with E-state index in [0.29, 0.717) is 24.8 Å². The molecule has 1 aliphatic rings. The number of carbonyl (C=O) groups excluding carboxylic acids is 1. The van der Waals surface area contributed by atoms with Crippen molar-refractivity contribution in [2.24, 2.45) is 0 Å². The molecule has 0 fully saturated rings. The molecule has 0 heterocycles. The van der Waals surface area contributed by atoms with Crippen molar-refractivity contribution >= 4 is 6.29 Å². The Bertz CT molecular complexity index is 389. The number of rotatable bonds is 5. The fourth-order valence-corrected chi connectivity index (χ4v) is 2.05. The van der Waals surface area contributed by atoms with Gasteiger partial charge in [0.1, 0.15) is 5.83 Å². The van der Waals surface area contributed by atoms with E-state index in [4.69, 9.17) is 0 Å². The minimum Gasteiger partial charge on any atom is -0.300 e. The molecule has 2 nitrogen and oxygen atoms in total. The van der Waals surface area contributed by atoms with Crippen LogP contribution in [0.5, 0.6) is 0 Å². The van der Waals surface area contributed by atoms with Gasteiger partial charge in [-0.3, -0.25) is 9.69 Å². The average Bonchev–Trinajstić information content (AvgIpc) is 2.38. The van der Waals surface area contributed by atoms with Crippen molar-refractivity contribution in [2.75, 3.05) is 19.6 Å². The highest BCUT2D eigenvalue weighted by atomic mass is 19.1. The molecule has 0 saturated heterocycles. The molecule has 0 aliphatic heterocycles. The summed E-state index contributed by atoms with van der Waals surface area (Å²) in [7, 11) is 0. The second-order valence-electron chi connectivity index (χ2n) is 4.55. The molecule has 3 heteroatoms. The Morgan fingerprint density at radius 2 is 2.06 bits per heavy atom. The van der Waals surface area contributed by atoms with Crippen LogP contribution >= 0.6 is 0 Å². The van der Waals surface area contributed by atoms with Crippen LogP contribution < -0.4 is 0 Å². The van der Waals surface area contributed by atoms with Crippen LogP contribution in [0.25, 0.3) is 0 Å². The first-order valence-corrected chi connectivity index (χ1v) is 6.56. The standard InChI is InChI=1S/C15H22FNO/c1-4-17(5-2)10-13-9-7-6-8-12(3)15(16)14(13)11-18/h7,9,11H,4-6,8,10H2,1-3H3/b9-7-,14-13+,15-12-. The molecule has 0 unspecified atom stereocenters. The molecule has 0 N–H and O–H groups in total. The lowest BCUT2D eigenvalue weighted by Crippen LogP contribution is -2.25. The quantitative estimate of drug-likeness (QED) is 0.698. The van der Waals surface area contributed by atoms with Gasteiger partial charge in [0.05, 0.1) is 5.57 Å². The van der Waals surface area contributed by atoms with Crippen LogP contribution in [0, 0.1) is 0 Å². The first-order chi connectivity index (χ1) is 8.63.